The van der Waals surface area contributed by atoms with Gasteiger partial charge in [0, 0.05) is 38.3 Å². The third-order valence-electron chi connectivity index (χ3n) is 3.64. The Balaban J connectivity index is 1.67. The number of hydrogen-bond donors (Lipinski definition) is 1. The molecule has 1 heterocycles. The fourth-order valence-electron chi connectivity index (χ4n) is 2.50. The fraction of sp³-hybridized carbons (Fsp3) is 0.533. The number of carbonyl (C=O) groups excluding carboxylic acids is 1. The van der Waals surface area contributed by atoms with Crippen LogP contribution >= 0.6 is 0 Å². The molecule has 0 bridgehead atoms. The summed E-state index contributed by atoms with van der Waals surface area (Å²) in [6.45, 7) is 5.45. The van der Waals surface area contributed by atoms with Crippen LogP contribution in [0.15, 0.2) is 30.3 Å². The highest BCUT2D eigenvalue weighted by Crippen LogP contribution is 2.15. The zero-order chi connectivity index (χ0) is 13.5. The molecular formula is C15H23N3O. The van der Waals surface area contributed by atoms with Gasteiger partial charge in [-0.25, -0.2) is 0 Å². The van der Waals surface area contributed by atoms with E-state index in [0.29, 0.717) is 6.42 Å². The number of anilines is 1. The predicted molar refractivity (Wildman–Crippen MR) is 78.1 cm³/mol. The molecular weight excluding hydrogens is 238 g/mol. The van der Waals surface area contributed by atoms with E-state index in [2.05, 4.69) is 40.1 Å². The summed E-state index contributed by atoms with van der Waals surface area (Å²) in [7, 11) is 0. The fourth-order valence-corrected chi connectivity index (χ4v) is 2.50. The minimum Gasteiger partial charge on any atom is -0.370 e. The SMILES string of the molecule is NC(=O)CCCCN1CCN(c2ccccc2)CC1. The number of nitrogens with two attached hydrogens (primary N) is 1. The minimum atomic E-state index is -0.186. The predicted octanol–water partition coefficient (Wildman–Crippen LogP) is 1.46. The van der Waals surface area contributed by atoms with Crippen molar-refractivity contribution in [1.82, 2.24) is 4.90 Å². The number of nitrogens with zero attached hydrogens (tertiary/aromatic N) is 2. The quantitative estimate of drug-likeness (QED) is 0.789. The third kappa shape index (κ3) is 4.56. The van der Waals surface area contributed by atoms with Gasteiger partial charge < -0.3 is 10.6 Å². The van der Waals surface area contributed by atoms with E-state index in [4.69, 9.17) is 5.73 Å². The molecule has 19 heavy (non-hydrogen) atoms. The Kier molecular flexibility index (Phi) is 5.21. The molecule has 0 aliphatic carbocycles. The van der Waals surface area contributed by atoms with Crippen molar-refractivity contribution in [3.05, 3.63) is 30.3 Å². The molecule has 1 aliphatic heterocycles. The Morgan fingerprint density at radius 1 is 1.05 bits per heavy atom. The lowest BCUT2D eigenvalue weighted by Crippen LogP contribution is -2.46. The summed E-state index contributed by atoms with van der Waals surface area (Å²) in [6, 6.07) is 10.6. The number of carbonyl (C=O) groups is 1. The van der Waals surface area contributed by atoms with E-state index in [0.717, 1.165) is 45.6 Å². The van der Waals surface area contributed by atoms with E-state index < -0.39 is 0 Å². The van der Waals surface area contributed by atoms with Crippen molar-refractivity contribution in [2.24, 2.45) is 5.73 Å². The van der Waals surface area contributed by atoms with Gasteiger partial charge in [0.2, 0.25) is 5.91 Å². The lowest BCUT2D eigenvalue weighted by molar-refractivity contribution is -0.118. The summed E-state index contributed by atoms with van der Waals surface area (Å²) in [5.74, 6) is -0.186. The van der Waals surface area contributed by atoms with Crippen LogP contribution in [0, 0.1) is 0 Å². The van der Waals surface area contributed by atoms with Gasteiger partial charge in [-0.15, -0.1) is 0 Å². The maximum Gasteiger partial charge on any atom is 0.217 e. The lowest BCUT2D eigenvalue weighted by atomic mass is 10.2. The van der Waals surface area contributed by atoms with E-state index >= 15 is 0 Å². The maximum atomic E-state index is 10.7. The smallest absolute Gasteiger partial charge is 0.217 e. The molecule has 1 aromatic carbocycles. The molecule has 0 spiro atoms. The molecule has 0 aromatic heterocycles. The highest BCUT2D eigenvalue weighted by atomic mass is 16.1. The third-order valence-corrected chi connectivity index (χ3v) is 3.64. The van der Waals surface area contributed by atoms with E-state index in [1.165, 1.54) is 5.69 Å². The second kappa shape index (κ2) is 7.14. The largest absolute Gasteiger partial charge is 0.370 e. The van der Waals surface area contributed by atoms with Gasteiger partial charge in [0.25, 0.3) is 0 Å². The van der Waals surface area contributed by atoms with Crippen LogP contribution in [-0.2, 0) is 4.79 Å². The van der Waals surface area contributed by atoms with Crippen LogP contribution in [0.5, 0.6) is 0 Å². The van der Waals surface area contributed by atoms with Crippen LogP contribution in [0.1, 0.15) is 19.3 Å². The van der Waals surface area contributed by atoms with Crippen molar-refractivity contribution in [3.8, 4) is 0 Å². The highest BCUT2D eigenvalue weighted by Gasteiger charge is 2.16. The van der Waals surface area contributed by atoms with Crippen LogP contribution in [0.2, 0.25) is 0 Å². The van der Waals surface area contributed by atoms with E-state index in [-0.39, 0.29) is 5.91 Å². The van der Waals surface area contributed by atoms with Crippen LogP contribution in [-0.4, -0.2) is 43.5 Å². The minimum absolute atomic E-state index is 0.186. The van der Waals surface area contributed by atoms with Crippen LogP contribution in [0.4, 0.5) is 5.69 Å². The van der Waals surface area contributed by atoms with Crippen LogP contribution < -0.4 is 10.6 Å². The summed E-state index contributed by atoms with van der Waals surface area (Å²) >= 11 is 0. The summed E-state index contributed by atoms with van der Waals surface area (Å²) in [5, 5.41) is 0. The Bertz CT molecular complexity index is 386. The maximum absolute atomic E-state index is 10.7. The number of unbranched alkanes of at least 4 members (excludes halogenated alkanes) is 1. The van der Waals surface area contributed by atoms with Gasteiger partial charge >= 0.3 is 0 Å². The van der Waals surface area contributed by atoms with Gasteiger partial charge in [0.05, 0.1) is 0 Å². The average Bonchev–Trinajstić information content (AvgIpc) is 2.45. The molecule has 1 aliphatic rings. The Labute approximate surface area is 115 Å². The summed E-state index contributed by atoms with van der Waals surface area (Å²) in [5.41, 5.74) is 6.45. The lowest BCUT2D eigenvalue weighted by Gasteiger charge is -2.36. The van der Waals surface area contributed by atoms with Crippen molar-refractivity contribution >= 4 is 11.6 Å². The monoisotopic (exact) mass is 261 g/mol. The van der Waals surface area contributed by atoms with Gasteiger partial charge in [-0.1, -0.05) is 18.2 Å². The molecule has 4 heteroatoms. The number of hydrogen-bond acceptors (Lipinski definition) is 3. The van der Waals surface area contributed by atoms with E-state index in [1.807, 2.05) is 0 Å². The van der Waals surface area contributed by atoms with E-state index in [1.54, 1.807) is 0 Å². The zero-order valence-corrected chi connectivity index (χ0v) is 11.4. The normalized spacial score (nSPS) is 16.5. The first-order valence-electron chi connectivity index (χ1n) is 7.06. The summed E-state index contributed by atoms with van der Waals surface area (Å²) < 4.78 is 0. The molecule has 2 N–H and O–H groups in total. The standard InChI is InChI=1S/C15H23N3O/c16-15(19)8-4-5-9-17-10-12-18(13-11-17)14-6-2-1-3-7-14/h1-3,6-7H,4-5,8-13H2,(H2,16,19). The van der Waals surface area contributed by atoms with Crippen molar-refractivity contribution in [3.63, 3.8) is 0 Å². The van der Waals surface area contributed by atoms with Crippen molar-refractivity contribution in [1.29, 1.82) is 0 Å². The van der Waals surface area contributed by atoms with E-state index in [9.17, 15) is 4.79 Å². The van der Waals surface area contributed by atoms with Crippen molar-refractivity contribution in [2.75, 3.05) is 37.6 Å². The molecule has 4 nitrogen and oxygen atoms in total. The van der Waals surface area contributed by atoms with Crippen molar-refractivity contribution in [2.45, 2.75) is 19.3 Å². The van der Waals surface area contributed by atoms with Gasteiger partial charge in [-0.2, -0.15) is 0 Å². The van der Waals surface area contributed by atoms with Gasteiger partial charge in [-0.05, 0) is 31.5 Å². The number of amides is 1. The second-order valence-electron chi connectivity index (χ2n) is 5.09. The average molecular weight is 261 g/mol. The van der Waals surface area contributed by atoms with Crippen molar-refractivity contribution < 1.29 is 4.79 Å². The van der Waals surface area contributed by atoms with Crippen LogP contribution in [0.25, 0.3) is 0 Å². The molecule has 1 amide bonds. The summed E-state index contributed by atoms with van der Waals surface area (Å²) in [6.07, 6.45) is 2.49. The highest BCUT2D eigenvalue weighted by molar-refractivity contribution is 5.73. The van der Waals surface area contributed by atoms with Gasteiger partial charge in [0.15, 0.2) is 0 Å². The number of para-hydroxylation sites is 1. The Hall–Kier alpha value is -1.55. The zero-order valence-electron chi connectivity index (χ0n) is 11.4. The Morgan fingerprint density at radius 3 is 2.37 bits per heavy atom. The molecule has 0 atom stereocenters. The second-order valence-corrected chi connectivity index (χ2v) is 5.09. The molecule has 1 aromatic rings. The molecule has 2 rings (SSSR count). The molecule has 1 saturated heterocycles. The number of benzene rings is 1. The van der Waals surface area contributed by atoms with Gasteiger partial charge in [0.1, 0.15) is 0 Å². The Morgan fingerprint density at radius 2 is 1.74 bits per heavy atom. The topological polar surface area (TPSA) is 49.6 Å². The molecule has 1 fully saturated rings. The first-order valence-corrected chi connectivity index (χ1v) is 7.06. The molecule has 0 saturated carbocycles. The first-order chi connectivity index (χ1) is 9.25. The summed E-state index contributed by atoms with van der Waals surface area (Å²) in [4.78, 5) is 15.6. The first kappa shape index (κ1) is 13.9. The molecule has 0 unspecified atom stereocenters. The van der Waals surface area contributed by atoms with Gasteiger partial charge in [-0.3, -0.25) is 9.69 Å². The van der Waals surface area contributed by atoms with Crippen LogP contribution in [0.3, 0.4) is 0 Å². The molecule has 104 valence electrons. The number of rotatable bonds is 6. The number of piperazine rings is 1. The number of primary amides is 1. The molecule has 0 radical (unpaired) electrons.